The van der Waals surface area contributed by atoms with Crippen molar-refractivity contribution in [2.45, 2.75) is 51.3 Å². The van der Waals surface area contributed by atoms with Crippen LogP contribution in [0, 0.1) is 0 Å². The summed E-state index contributed by atoms with van der Waals surface area (Å²) in [6, 6.07) is 12.5. The standard InChI is InChI=1S/C20H23F3O/c1-2-3-4-5-6-19(24)17-9-7-15(8-10-17)16-11-13-18(14-12-16)20(21,22)23/h7-14,19,24H,2-6H2,1H3/t19-/m1/s1. The number of alkyl halides is 3. The van der Waals surface area contributed by atoms with Crippen LogP contribution in [0.15, 0.2) is 48.5 Å². The van der Waals surface area contributed by atoms with E-state index in [1.54, 1.807) is 0 Å². The Morgan fingerprint density at radius 2 is 1.38 bits per heavy atom. The minimum Gasteiger partial charge on any atom is -0.388 e. The third-order valence-corrected chi connectivity index (χ3v) is 4.17. The molecule has 0 aliphatic heterocycles. The van der Waals surface area contributed by atoms with E-state index in [9.17, 15) is 18.3 Å². The maximum atomic E-state index is 12.6. The maximum absolute atomic E-state index is 12.6. The molecule has 0 aliphatic rings. The lowest BCUT2D eigenvalue weighted by atomic mass is 9.98. The molecule has 1 atom stereocenters. The second kappa shape index (κ2) is 8.34. The molecule has 1 N–H and O–H groups in total. The molecule has 0 aliphatic carbocycles. The molecule has 0 saturated heterocycles. The Morgan fingerprint density at radius 1 is 0.833 bits per heavy atom. The first-order valence-electron chi connectivity index (χ1n) is 8.37. The molecule has 1 nitrogen and oxygen atoms in total. The van der Waals surface area contributed by atoms with E-state index in [0.717, 1.165) is 54.5 Å². The van der Waals surface area contributed by atoms with Gasteiger partial charge >= 0.3 is 6.18 Å². The van der Waals surface area contributed by atoms with Gasteiger partial charge in [-0.2, -0.15) is 13.2 Å². The molecule has 0 bridgehead atoms. The number of aliphatic hydroxyl groups excluding tert-OH is 1. The summed E-state index contributed by atoms with van der Waals surface area (Å²) >= 11 is 0. The highest BCUT2D eigenvalue weighted by Gasteiger charge is 2.29. The highest BCUT2D eigenvalue weighted by molar-refractivity contribution is 5.64. The Bertz CT molecular complexity index is 615. The molecule has 0 fully saturated rings. The first-order valence-corrected chi connectivity index (χ1v) is 8.37. The highest BCUT2D eigenvalue weighted by atomic mass is 19.4. The minimum absolute atomic E-state index is 0.483. The Kier molecular flexibility index (Phi) is 6.44. The minimum atomic E-state index is -4.32. The van der Waals surface area contributed by atoms with Crippen LogP contribution >= 0.6 is 0 Å². The number of hydrogen-bond acceptors (Lipinski definition) is 1. The number of rotatable bonds is 7. The SMILES string of the molecule is CCCCCC[C@@H](O)c1ccc(-c2ccc(C(F)(F)F)cc2)cc1. The fourth-order valence-electron chi connectivity index (χ4n) is 2.68. The van der Waals surface area contributed by atoms with Crippen LogP contribution < -0.4 is 0 Å². The largest absolute Gasteiger partial charge is 0.416 e. The molecule has 2 rings (SSSR count). The first-order chi connectivity index (χ1) is 11.4. The predicted octanol–water partition coefficient (Wildman–Crippen LogP) is 6.38. The zero-order valence-corrected chi connectivity index (χ0v) is 13.8. The molecule has 0 aromatic heterocycles. The van der Waals surface area contributed by atoms with Crippen molar-refractivity contribution in [3.05, 3.63) is 59.7 Å². The summed E-state index contributed by atoms with van der Waals surface area (Å²) in [5.74, 6) is 0. The van der Waals surface area contributed by atoms with E-state index in [2.05, 4.69) is 6.92 Å². The molecule has 0 unspecified atom stereocenters. The van der Waals surface area contributed by atoms with Crippen molar-refractivity contribution < 1.29 is 18.3 Å². The third-order valence-electron chi connectivity index (χ3n) is 4.17. The molecule has 0 spiro atoms. The topological polar surface area (TPSA) is 20.2 Å². The lowest BCUT2D eigenvalue weighted by Crippen LogP contribution is -2.04. The average Bonchev–Trinajstić information content (AvgIpc) is 2.58. The summed E-state index contributed by atoms with van der Waals surface area (Å²) < 4.78 is 37.8. The van der Waals surface area contributed by atoms with Gasteiger partial charge in [0.15, 0.2) is 0 Å². The van der Waals surface area contributed by atoms with Crippen LogP contribution in [0.2, 0.25) is 0 Å². The van der Waals surface area contributed by atoms with E-state index < -0.39 is 17.8 Å². The Morgan fingerprint density at radius 3 is 1.88 bits per heavy atom. The van der Waals surface area contributed by atoms with Gasteiger partial charge in [0.25, 0.3) is 0 Å². The summed E-state index contributed by atoms with van der Waals surface area (Å²) in [6.07, 6.45) is 0.400. The average molecular weight is 336 g/mol. The van der Waals surface area contributed by atoms with Gasteiger partial charge in [-0.05, 0) is 35.2 Å². The van der Waals surface area contributed by atoms with Crippen LogP contribution in [0.5, 0.6) is 0 Å². The van der Waals surface area contributed by atoms with Crippen LogP contribution in [0.4, 0.5) is 13.2 Å². The Labute approximate surface area is 141 Å². The van der Waals surface area contributed by atoms with Crippen molar-refractivity contribution >= 4 is 0 Å². The number of unbranched alkanes of at least 4 members (excludes halogenated alkanes) is 3. The van der Waals surface area contributed by atoms with E-state index in [1.165, 1.54) is 18.6 Å². The van der Waals surface area contributed by atoms with Crippen molar-refractivity contribution in [3.63, 3.8) is 0 Å². The summed E-state index contributed by atoms with van der Waals surface area (Å²) in [7, 11) is 0. The van der Waals surface area contributed by atoms with Crippen LogP contribution in [0.25, 0.3) is 11.1 Å². The molecule has 24 heavy (non-hydrogen) atoms. The predicted molar refractivity (Wildman–Crippen MR) is 90.6 cm³/mol. The fourth-order valence-corrected chi connectivity index (χ4v) is 2.68. The molecule has 0 amide bonds. The highest BCUT2D eigenvalue weighted by Crippen LogP contribution is 2.31. The van der Waals surface area contributed by atoms with Crippen LogP contribution in [0.1, 0.15) is 56.3 Å². The molecule has 130 valence electrons. The molecule has 4 heteroatoms. The van der Waals surface area contributed by atoms with Gasteiger partial charge in [-0.15, -0.1) is 0 Å². The number of benzene rings is 2. The van der Waals surface area contributed by atoms with Crippen LogP contribution in [-0.4, -0.2) is 5.11 Å². The molecular weight excluding hydrogens is 313 g/mol. The van der Waals surface area contributed by atoms with Crippen molar-refractivity contribution in [1.82, 2.24) is 0 Å². The van der Waals surface area contributed by atoms with Gasteiger partial charge < -0.3 is 5.11 Å². The van der Waals surface area contributed by atoms with Crippen molar-refractivity contribution in [2.24, 2.45) is 0 Å². The summed E-state index contributed by atoms with van der Waals surface area (Å²) in [6.45, 7) is 2.15. The van der Waals surface area contributed by atoms with Gasteiger partial charge in [-0.3, -0.25) is 0 Å². The summed E-state index contributed by atoms with van der Waals surface area (Å²) in [5.41, 5.74) is 1.77. The van der Waals surface area contributed by atoms with Gasteiger partial charge in [0.05, 0.1) is 11.7 Å². The van der Waals surface area contributed by atoms with E-state index in [0.29, 0.717) is 0 Å². The molecule has 2 aromatic rings. The first kappa shape index (κ1) is 18.5. The number of hydrogen-bond donors (Lipinski definition) is 1. The fraction of sp³-hybridized carbons (Fsp3) is 0.400. The summed E-state index contributed by atoms with van der Waals surface area (Å²) in [4.78, 5) is 0. The Hall–Kier alpha value is -1.81. The molecule has 0 heterocycles. The third kappa shape index (κ3) is 5.10. The van der Waals surface area contributed by atoms with Crippen molar-refractivity contribution in [3.8, 4) is 11.1 Å². The van der Waals surface area contributed by atoms with Crippen molar-refractivity contribution in [1.29, 1.82) is 0 Å². The van der Waals surface area contributed by atoms with E-state index in [1.807, 2.05) is 24.3 Å². The lowest BCUT2D eigenvalue weighted by Gasteiger charge is -2.12. The van der Waals surface area contributed by atoms with E-state index in [-0.39, 0.29) is 0 Å². The molecule has 2 aromatic carbocycles. The zero-order valence-electron chi connectivity index (χ0n) is 13.8. The van der Waals surface area contributed by atoms with E-state index in [4.69, 9.17) is 0 Å². The van der Waals surface area contributed by atoms with Gasteiger partial charge in [0.2, 0.25) is 0 Å². The second-order valence-electron chi connectivity index (χ2n) is 6.06. The van der Waals surface area contributed by atoms with E-state index >= 15 is 0 Å². The normalized spacial score (nSPS) is 13.0. The zero-order chi connectivity index (χ0) is 17.6. The molecule has 0 saturated carbocycles. The van der Waals surface area contributed by atoms with Gasteiger partial charge in [0.1, 0.15) is 0 Å². The monoisotopic (exact) mass is 336 g/mol. The van der Waals surface area contributed by atoms with Crippen molar-refractivity contribution in [2.75, 3.05) is 0 Å². The second-order valence-corrected chi connectivity index (χ2v) is 6.06. The Balaban J connectivity index is 2.01. The number of halogens is 3. The number of aliphatic hydroxyl groups is 1. The molecule has 0 radical (unpaired) electrons. The maximum Gasteiger partial charge on any atom is 0.416 e. The lowest BCUT2D eigenvalue weighted by molar-refractivity contribution is -0.137. The quantitative estimate of drug-likeness (QED) is 0.582. The summed E-state index contributed by atoms with van der Waals surface area (Å²) in [5, 5.41) is 10.2. The van der Waals surface area contributed by atoms with Gasteiger partial charge in [0, 0.05) is 0 Å². The molecular formula is C20H23F3O. The van der Waals surface area contributed by atoms with Crippen LogP contribution in [-0.2, 0) is 6.18 Å². The smallest absolute Gasteiger partial charge is 0.388 e. The van der Waals surface area contributed by atoms with Gasteiger partial charge in [-0.1, -0.05) is 69.0 Å². The van der Waals surface area contributed by atoms with Gasteiger partial charge in [-0.25, -0.2) is 0 Å². The van der Waals surface area contributed by atoms with Crippen LogP contribution in [0.3, 0.4) is 0 Å².